The van der Waals surface area contributed by atoms with Gasteiger partial charge in [0.25, 0.3) is 0 Å². The lowest BCUT2D eigenvalue weighted by Gasteiger charge is -2.10. The number of hydrogen-bond donors (Lipinski definition) is 5. The maximum absolute atomic E-state index is 11.0. The molecule has 6 N–H and O–H groups in total. The van der Waals surface area contributed by atoms with Gasteiger partial charge in [0.05, 0.1) is 20.4 Å². The van der Waals surface area contributed by atoms with E-state index < -0.39 is 33.2 Å². The first kappa shape index (κ1) is 14.4. The first-order chi connectivity index (χ1) is 7.88. The molecule has 0 fully saturated rings. The highest BCUT2D eigenvalue weighted by Crippen LogP contribution is 2.28. The first-order valence-electron chi connectivity index (χ1n) is 3.85. The monoisotopic (exact) mass is 300 g/mol. The summed E-state index contributed by atoms with van der Waals surface area (Å²) in [6.45, 7) is 0. The standard InChI is InChI=1S/C6H8N2O6S3/c7-8-6-4(16(11)12)1-3(15(9)10)2-5(6)17(13)14/h1-2,8H,7H2,(H,9,10)(H,11,12)(H,13,14). The predicted octanol–water partition coefficient (Wildman–Crippen LogP) is -0.286. The van der Waals surface area contributed by atoms with Gasteiger partial charge in [0.2, 0.25) is 0 Å². The van der Waals surface area contributed by atoms with Crippen LogP contribution in [0.5, 0.6) is 0 Å². The van der Waals surface area contributed by atoms with Crippen LogP contribution in [-0.4, -0.2) is 26.3 Å². The molecule has 96 valence electrons. The number of nitrogens with two attached hydrogens (primary N) is 1. The highest BCUT2D eigenvalue weighted by atomic mass is 32.2. The van der Waals surface area contributed by atoms with E-state index in [1.165, 1.54) is 0 Å². The van der Waals surface area contributed by atoms with Crippen LogP contribution in [0.4, 0.5) is 5.69 Å². The molecule has 0 aliphatic carbocycles. The molecule has 11 heteroatoms. The van der Waals surface area contributed by atoms with Crippen molar-refractivity contribution in [2.24, 2.45) is 5.84 Å². The highest BCUT2D eigenvalue weighted by Gasteiger charge is 2.19. The van der Waals surface area contributed by atoms with Gasteiger partial charge in [-0.05, 0) is 12.1 Å². The lowest BCUT2D eigenvalue weighted by Crippen LogP contribution is -2.13. The van der Waals surface area contributed by atoms with Crippen molar-refractivity contribution < 1.29 is 26.3 Å². The van der Waals surface area contributed by atoms with Crippen LogP contribution in [0.3, 0.4) is 0 Å². The Morgan fingerprint density at radius 2 is 1.35 bits per heavy atom. The second kappa shape index (κ2) is 5.77. The molecule has 3 atom stereocenters. The van der Waals surface area contributed by atoms with Gasteiger partial charge in [-0.25, -0.2) is 12.6 Å². The number of hydrazine groups is 1. The summed E-state index contributed by atoms with van der Waals surface area (Å²) in [6, 6.07) is 1.88. The molecule has 1 rings (SSSR count). The molecule has 0 amide bonds. The number of nitrogens with one attached hydrogen (secondary N) is 1. The zero-order valence-electron chi connectivity index (χ0n) is 8.02. The number of hydrogen-bond acceptors (Lipinski definition) is 5. The molecule has 0 aliphatic heterocycles. The Morgan fingerprint density at radius 1 is 0.941 bits per heavy atom. The van der Waals surface area contributed by atoms with E-state index in [2.05, 4.69) is 0 Å². The zero-order chi connectivity index (χ0) is 13.2. The molecule has 17 heavy (non-hydrogen) atoms. The van der Waals surface area contributed by atoms with E-state index in [0.717, 1.165) is 12.1 Å². The second-order valence-electron chi connectivity index (χ2n) is 2.69. The van der Waals surface area contributed by atoms with Crippen LogP contribution in [0.15, 0.2) is 26.8 Å². The van der Waals surface area contributed by atoms with E-state index in [9.17, 15) is 12.6 Å². The van der Waals surface area contributed by atoms with Crippen molar-refractivity contribution in [3.8, 4) is 0 Å². The Balaban J connectivity index is 3.63. The van der Waals surface area contributed by atoms with E-state index in [1.807, 2.05) is 5.43 Å². The topological polar surface area (TPSA) is 150 Å². The van der Waals surface area contributed by atoms with Crippen LogP contribution in [0.2, 0.25) is 0 Å². The smallest absolute Gasteiger partial charge is 0.188 e. The molecule has 0 bridgehead atoms. The minimum absolute atomic E-state index is 0.235. The van der Waals surface area contributed by atoms with Crippen LogP contribution in [0.1, 0.15) is 0 Å². The molecule has 0 spiro atoms. The molecule has 0 aliphatic rings. The van der Waals surface area contributed by atoms with Gasteiger partial charge in [-0.15, -0.1) is 0 Å². The molecule has 1 aromatic carbocycles. The average molecular weight is 300 g/mol. The second-order valence-corrected chi connectivity index (χ2v) is 5.53. The number of nitrogen functional groups attached to an aromatic ring is 1. The summed E-state index contributed by atoms with van der Waals surface area (Å²) in [5.41, 5.74) is 1.77. The molecular formula is C6H8N2O6S3. The van der Waals surface area contributed by atoms with Crippen molar-refractivity contribution in [1.29, 1.82) is 0 Å². The average Bonchev–Trinajstić information content (AvgIpc) is 2.26. The summed E-state index contributed by atoms with van der Waals surface area (Å²) in [7, 11) is 0. The lowest BCUT2D eigenvalue weighted by molar-refractivity contribution is 0.559. The SMILES string of the molecule is NNc1c(S(=O)O)cc(S(=O)O)cc1S(=O)O. The normalized spacial score (nSPS) is 16.2. The van der Waals surface area contributed by atoms with Gasteiger partial charge in [0.15, 0.2) is 33.2 Å². The summed E-state index contributed by atoms with van der Waals surface area (Å²) < 4.78 is 59.6. The van der Waals surface area contributed by atoms with Crippen LogP contribution in [0, 0.1) is 0 Å². The molecule has 8 nitrogen and oxygen atoms in total. The van der Waals surface area contributed by atoms with E-state index in [1.54, 1.807) is 0 Å². The largest absolute Gasteiger partial charge is 0.322 e. The number of anilines is 1. The third kappa shape index (κ3) is 3.16. The molecular weight excluding hydrogens is 292 g/mol. The van der Waals surface area contributed by atoms with Gasteiger partial charge < -0.3 is 19.1 Å². The van der Waals surface area contributed by atoms with Crippen LogP contribution in [-0.2, 0) is 33.2 Å². The molecule has 0 saturated heterocycles. The van der Waals surface area contributed by atoms with E-state index in [0.29, 0.717) is 0 Å². The van der Waals surface area contributed by atoms with Gasteiger partial charge >= 0.3 is 0 Å². The van der Waals surface area contributed by atoms with Crippen molar-refractivity contribution in [1.82, 2.24) is 0 Å². The summed E-state index contributed by atoms with van der Waals surface area (Å²) in [4.78, 5) is -0.992. The summed E-state index contributed by atoms with van der Waals surface area (Å²) >= 11 is -7.51. The number of rotatable bonds is 4. The maximum atomic E-state index is 11.0. The van der Waals surface area contributed by atoms with Crippen LogP contribution >= 0.6 is 0 Å². The fourth-order valence-electron chi connectivity index (χ4n) is 1.08. The summed E-state index contributed by atoms with van der Waals surface area (Å²) in [6.07, 6.45) is 0. The fourth-order valence-corrected chi connectivity index (χ4v) is 2.88. The van der Waals surface area contributed by atoms with Crippen molar-refractivity contribution in [3.05, 3.63) is 12.1 Å². The van der Waals surface area contributed by atoms with Gasteiger partial charge in [-0.2, -0.15) is 0 Å². The highest BCUT2D eigenvalue weighted by molar-refractivity contribution is 7.81. The minimum atomic E-state index is -2.53. The van der Waals surface area contributed by atoms with Crippen molar-refractivity contribution in [3.63, 3.8) is 0 Å². The lowest BCUT2D eigenvalue weighted by atomic mass is 10.3. The summed E-state index contributed by atoms with van der Waals surface area (Å²) in [5, 5.41) is 0. The zero-order valence-corrected chi connectivity index (χ0v) is 10.5. The number of benzene rings is 1. The molecule has 0 heterocycles. The van der Waals surface area contributed by atoms with Crippen molar-refractivity contribution in [2.45, 2.75) is 14.7 Å². The van der Waals surface area contributed by atoms with E-state index in [4.69, 9.17) is 19.5 Å². The Kier molecular flexibility index (Phi) is 4.88. The van der Waals surface area contributed by atoms with E-state index >= 15 is 0 Å². The first-order valence-corrected chi connectivity index (χ1v) is 7.17. The summed E-state index contributed by atoms with van der Waals surface area (Å²) in [5.74, 6) is 5.07. The van der Waals surface area contributed by atoms with Gasteiger partial charge in [0, 0.05) is 0 Å². The molecule has 1 aromatic rings. The minimum Gasteiger partial charge on any atom is -0.322 e. The van der Waals surface area contributed by atoms with Crippen molar-refractivity contribution in [2.75, 3.05) is 5.43 Å². The Labute approximate surface area is 103 Å². The van der Waals surface area contributed by atoms with Gasteiger partial charge in [-0.1, -0.05) is 0 Å². The Bertz CT molecular complexity index is 483. The Hall–Kier alpha value is -0.690. The molecule has 0 saturated carbocycles. The fraction of sp³-hybridized carbons (Fsp3) is 0. The Morgan fingerprint density at radius 3 is 1.59 bits per heavy atom. The molecule has 0 aromatic heterocycles. The quantitative estimate of drug-likeness (QED) is 0.289. The van der Waals surface area contributed by atoms with Crippen LogP contribution < -0.4 is 11.3 Å². The molecule has 0 radical (unpaired) electrons. The van der Waals surface area contributed by atoms with Crippen molar-refractivity contribution >= 4 is 38.9 Å². The predicted molar refractivity (Wildman–Crippen MR) is 61.4 cm³/mol. The van der Waals surface area contributed by atoms with Crippen LogP contribution in [0.25, 0.3) is 0 Å². The van der Waals surface area contributed by atoms with E-state index in [-0.39, 0.29) is 20.4 Å². The van der Waals surface area contributed by atoms with Gasteiger partial charge in [0.1, 0.15) is 0 Å². The third-order valence-corrected chi connectivity index (χ3v) is 3.80. The maximum Gasteiger partial charge on any atom is 0.188 e. The molecule has 3 unspecified atom stereocenters. The van der Waals surface area contributed by atoms with Gasteiger partial charge in [-0.3, -0.25) is 5.84 Å². The third-order valence-electron chi connectivity index (χ3n) is 1.76.